The summed E-state index contributed by atoms with van der Waals surface area (Å²) in [5, 5.41) is 13.5. The Kier molecular flexibility index (Phi) is 5.90. The lowest BCUT2D eigenvalue weighted by atomic mass is 9.48. The molecule has 0 radical (unpaired) electrons. The van der Waals surface area contributed by atoms with Crippen LogP contribution < -0.4 is 16.6 Å². The molecular formula is C28H27BrN4O4. The summed E-state index contributed by atoms with van der Waals surface area (Å²) in [6.07, 6.45) is 8.65. The Labute approximate surface area is 221 Å². The summed E-state index contributed by atoms with van der Waals surface area (Å²) in [4.78, 5) is 43.4. The van der Waals surface area contributed by atoms with E-state index in [1.165, 1.54) is 44.1 Å². The minimum absolute atomic E-state index is 0.178. The number of carbonyl (C=O) groups is 1. The Hall–Kier alpha value is -3.46. The highest BCUT2D eigenvalue weighted by Crippen LogP contribution is 2.60. The number of hydrogen-bond donors (Lipinski definition) is 3. The molecule has 0 unspecified atom stereocenters. The van der Waals surface area contributed by atoms with Crippen molar-refractivity contribution in [1.82, 2.24) is 9.55 Å². The van der Waals surface area contributed by atoms with E-state index in [1.54, 1.807) is 30.3 Å². The van der Waals surface area contributed by atoms with E-state index in [0.717, 1.165) is 28.5 Å². The lowest BCUT2D eigenvalue weighted by Crippen LogP contribution is -2.48. The van der Waals surface area contributed by atoms with Gasteiger partial charge < -0.3 is 10.4 Å². The molecule has 0 aliphatic heterocycles. The number of nitrogens with one attached hydrogen (secondary N) is 2. The third kappa shape index (κ3) is 4.35. The maximum atomic E-state index is 12.8. The SMILES string of the molecule is O=C(N=Cc1c(O)n(-c2ccc(C34CC5CC(CC(C5)C3)C4)cc2Br)c(=O)[nH]c1=O)Nc1ccccc1. The van der Waals surface area contributed by atoms with Crippen LogP contribution in [-0.4, -0.2) is 26.9 Å². The molecule has 37 heavy (non-hydrogen) atoms. The highest BCUT2D eigenvalue weighted by Gasteiger charge is 2.51. The first-order valence-electron chi connectivity index (χ1n) is 12.6. The van der Waals surface area contributed by atoms with Crippen molar-refractivity contribution in [1.29, 1.82) is 0 Å². The average molecular weight is 563 g/mol. The van der Waals surface area contributed by atoms with Crippen LogP contribution in [0.1, 0.15) is 49.7 Å². The van der Waals surface area contributed by atoms with E-state index in [9.17, 15) is 19.5 Å². The second kappa shape index (κ2) is 9.13. The third-order valence-electron chi connectivity index (χ3n) is 8.30. The van der Waals surface area contributed by atoms with Gasteiger partial charge in [-0.25, -0.2) is 19.1 Å². The fourth-order valence-electron chi connectivity index (χ4n) is 7.16. The van der Waals surface area contributed by atoms with E-state index < -0.39 is 23.2 Å². The molecule has 0 saturated heterocycles. The fourth-order valence-corrected chi connectivity index (χ4v) is 7.72. The number of halogens is 1. The second-order valence-corrected chi connectivity index (χ2v) is 11.6. The molecule has 7 rings (SSSR count). The van der Waals surface area contributed by atoms with Gasteiger partial charge >= 0.3 is 11.7 Å². The van der Waals surface area contributed by atoms with Crippen molar-refractivity contribution in [2.45, 2.75) is 43.9 Å². The number of aromatic hydroxyl groups is 1. The molecule has 2 aromatic carbocycles. The number of anilines is 1. The lowest BCUT2D eigenvalue weighted by molar-refractivity contribution is -0.00521. The van der Waals surface area contributed by atoms with Crippen molar-refractivity contribution in [3.05, 3.63) is 85.0 Å². The van der Waals surface area contributed by atoms with Crippen LogP contribution in [0.25, 0.3) is 5.69 Å². The fraction of sp³-hybridized carbons (Fsp3) is 0.357. The summed E-state index contributed by atoms with van der Waals surface area (Å²) < 4.78 is 1.67. The van der Waals surface area contributed by atoms with Crippen LogP contribution >= 0.6 is 15.9 Å². The number of urea groups is 1. The normalized spacial score (nSPS) is 26.0. The molecule has 190 valence electrons. The van der Waals surface area contributed by atoms with Gasteiger partial charge in [-0.05, 0) is 107 Å². The van der Waals surface area contributed by atoms with E-state index in [1.807, 2.05) is 12.1 Å². The standard InChI is InChI=1S/C28H27BrN4O4/c29-22-11-19(28-12-16-8-17(13-28)10-18(9-16)14-28)6-7-23(22)33-25(35)21(24(34)32-27(33)37)15-30-26(36)31-20-4-2-1-3-5-20/h1-7,11,15-18,35H,8-10,12-14H2,(H,31,36)(H,32,34,37). The van der Waals surface area contributed by atoms with Crippen molar-refractivity contribution in [2.24, 2.45) is 22.7 Å². The number of nitrogens with zero attached hydrogens (tertiary/aromatic N) is 2. The topological polar surface area (TPSA) is 117 Å². The predicted octanol–water partition coefficient (Wildman–Crippen LogP) is 5.11. The molecule has 0 spiro atoms. The molecule has 8 nitrogen and oxygen atoms in total. The number of rotatable bonds is 4. The monoisotopic (exact) mass is 562 g/mol. The van der Waals surface area contributed by atoms with Gasteiger partial charge in [-0.3, -0.25) is 9.78 Å². The van der Waals surface area contributed by atoms with E-state index in [-0.39, 0.29) is 11.0 Å². The van der Waals surface area contributed by atoms with Crippen molar-refractivity contribution in [2.75, 3.05) is 5.32 Å². The summed E-state index contributed by atoms with van der Waals surface area (Å²) in [7, 11) is 0. The summed E-state index contributed by atoms with van der Waals surface area (Å²) in [6, 6.07) is 13.9. The molecule has 1 heterocycles. The minimum atomic E-state index is -0.837. The van der Waals surface area contributed by atoms with Gasteiger partial charge in [0.25, 0.3) is 5.56 Å². The highest BCUT2D eigenvalue weighted by molar-refractivity contribution is 9.10. The zero-order valence-corrected chi connectivity index (χ0v) is 21.7. The van der Waals surface area contributed by atoms with Gasteiger partial charge in [0.05, 0.1) is 11.9 Å². The Morgan fingerprint density at radius 3 is 2.32 bits per heavy atom. The van der Waals surface area contributed by atoms with E-state index in [0.29, 0.717) is 15.8 Å². The first kappa shape index (κ1) is 23.9. The van der Waals surface area contributed by atoms with Gasteiger partial charge in [-0.1, -0.05) is 24.3 Å². The summed E-state index contributed by atoms with van der Waals surface area (Å²) in [6.45, 7) is 0. The Morgan fingerprint density at radius 2 is 1.70 bits per heavy atom. The van der Waals surface area contributed by atoms with Crippen molar-refractivity contribution >= 4 is 33.9 Å². The van der Waals surface area contributed by atoms with Crippen LogP contribution in [0.2, 0.25) is 0 Å². The first-order chi connectivity index (χ1) is 17.8. The first-order valence-corrected chi connectivity index (χ1v) is 13.4. The van der Waals surface area contributed by atoms with Gasteiger partial charge in [0.2, 0.25) is 5.88 Å². The van der Waals surface area contributed by atoms with Gasteiger partial charge in [0.1, 0.15) is 5.56 Å². The molecule has 1 aromatic heterocycles. The molecular weight excluding hydrogens is 536 g/mol. The number of hydrogen-bond acceptors (Lipinski definition) is 4. The third-order valence-corrected chi connectivity index (χ3v) is 8.93. The number of aliphatic imine (C=N–C) groups is 1. The van der Waals surface area contributed by atoms with E-state index in [4.69, 9.17) is 0 Å². The number of aromatic nitrogens is 2. The molecule has 4 bridgehead atoms. The van der Waals surface area contributed by atoms with Crippen LogP contribution in [-0.2, 0) is 5.41 Å². The number of aromatic amines is 1. The highest BCUT2D eigenvalue weighted by atomic mass is 79.9. The molecule has 4 fully saturated rings. The minimum Gasteiger partial charge on any atom is -0.493 e. The average Bonchev–Trinajstić information content (AvgIpc) is 2.84. The van der Waals surface area contributed by atoms with Gasteiger partial charge in [0.15, 0.2) is 0 Å². The van der Waals surface area contributed by atoms with Crippen LogP contribution in [0.5, 0.6) is 5.88 Å². The van der Waals surface area contributed by atoms with Crippen molar-refractivity contribution < 1.29 is 9.90 Å². The Balaban J connectivity index is 1.32. The van der Waals surface area contributed by atoms with Crippen LogP contribution in [0, 0.1) is 17.8 Å². The number of benzene rings is 2. The molecule has 4 aliphatic carbocycles. The summed E-state index contributed by atoms with van der Waals surface area (Å²) >= 11 is 3.61. The smallest absolute Gasteiger partial charge is 0.345 e. The predicted molar refractivity (Wildman–Crippen MR) is 145 cm³/mol. The summed E-state index contributed by atoms with van der Waals surface area (Å²) in [5.41, 5.74) is 0.468. The maximum Gasteiger partial charge on any atom is 0.345 e. The van der Waals surface area contributed by atoms with Gasteiger partial charge in [0, 0.05) is 10.2 Å². The lowest BCUT2D eigenvalue weighted by Gasteiger charge is -2.57. The second-order valence-electron chi connectivity index (χ2n) is 10.8. The number of H-pyrrole nitrogens is 1. The molecule has 3 aromatic rings. The molecule has 2 amide bonds. The zero-order chi connectivity index (χ0) is 25.7. The zero-order valence-electron chi connectivity index (χ0n) is 20.1. The van der Waals surface area contributed by atoms with E-state index >= 15 is 0 Å². The molecule has 4 aliphatic rings. The quantitative estimate of drug-likeness (QED) is 0.383. The number of carbonyl (C=O) groups excluding carboxylic acids is 1. The van der Waals surface area contributed by atoms with Gasteiger partial charge in [-0.15, -0.1) is 0 Å². The maximum absolute atomic E-state index is 12.8. The molecule has 3 N–H and O–H groups in total. The molecule has 9 heteroatoms. The van der Waals surface area contributed by atoms with Crippen molar-refractivity contribution in [3.8, 4) is 11.6 Å². The largest absolute Gasteiger partial charge is 0.493 e. The van der Waals surface area contributed by atoms with Crippen LogP contribution in [0.4, 0.5) is 10.5 Å². The summed E-state index contributed by atoms with van der Waals surface area (Å²) in [5.74, 6) is 1.82. The Morgan fingerprint density at radius 1 is 1.05 bits per heavy atom. The van der Waals surface area contributed by atoms with Crippen molar-refractivity contribution in [3.63, 3.8) is 0 Å². The molecule has 4 saturated carbocycles. The van der Waals surface area contributed by atoms with Gasteiger partial charge in [-0.2, -0.15) is 0 Å². The van der Waals surface area contributed by atoms with Crippen LogP contribution in [0.3, 0.4) is 0 Å². The Bertz CT molecular complexity index is 1490. The number of para-hydroxylation sites is 1. The van der Waals surface area contributed by atoms with E-state index in [2.05, 4.69) is 37.3 Å². The van der Waals surface area contributed by atoms with Crippen LogP contribution in [0.15, 0.2) is 67.6 Å². The molecule has 0 atom stereocenters. The number of amides is 2.